The van der Waals surface area contributed by atoms with E-state index >= 15 is 0 Å². The molecule has 0 amide bonds. The Morgan fingerprint density at radius 2 is 1.94 bits per heavy atom. The Hall–Kier alpha value is -1.81. The molecule has 0 radical (unpaired) electrons. The van der Waals surface area contributed by atoms with Gasteiger partial charge >= 0.3 is 0 Å². The summed E-state index contributed by atoms with van der Waals surface area (Å²) >= 11 is 0. The number of ketones is 1. The number of aliphatic hydroxyl groups excluding tert-OH is 1. The summed E-state index contributed by atoms with van der Waals surface area (Å²) in [6.07, 6.45) is 2.23. The number of aliphatic hydroxyl groups is 1. The Bertz CT molecular complexity index is 461. The highest BCUT2D eigenvalue weighted by molar-refractivity contribution is 6.02. The van der Waals surface area contributed by atoms with Crippen molar-refractivity contribution in [3.05, 3.63) is 41.7 Å². The minimum atomic E-state index is -0.999. The summed E-state index contributed by atoms with van der Waals surface area (Å²) in [6.45, 7) is 0. The lowest BCUT2D eigenvalue weighted by Gasteiger charge is -2.25. The summed E-state index contributed by atoms with van der Waals surface area (Å²) in [5.74, 6) is -0.433. The number of phenolic OH excluding ortho intramolecular Hbond substituents is 1. The molecule has 4 nitrogen and oxygen atoms in total. The Morgan fingerprint density at radius 3 is 2.41 bits per heavy atom. The highest BCUT2D eigenvalue weighted by Crippen LogP contribution is 2.31. The molecule has 2 N–H and O–H groups in total. The predicted octanol–water partition coefficient (Wildman–Crippen LogP) is 1.73. The molecule has 0 aromatic heterocycles. The SMILES string of the molecule is CO[C@]1(Cc2ccc(O)cc2)CC=C(O)C1=O. The number of rotatable bonds is 3. The molecule has 0 heterocycles. The zero-order valence-electron chi connectivity index (χ0n) is 9.51. The van der Waals surface area contributed by atoms with E-state index in [1.807, 2.05) is 0 Å². The van der Waals surface area contributed by atoms with Crippen molar-refractivity contribution in [3.63, 3.8) is 0 Å². The van der Waals surface area contributed by atoms with Crippen LogP contribution in [-0.4, -0.2) is 28.7 Å². The molecular weight excluding hydrogens is 220 g/mol. The minimum absolute atomic E-state index is 0.180. The first-order valence-electron chi connectivity index (χ1n) is 5.34. The second-order valence-corrected chi connectivity index (χ2v) is 4.16. The van der Waals surface area contributed by atoms with Gasteiger partial charge in [0.1, 0.15) is 11.4 Å². The van der Waals surface area contributed by atoms with Crippen molar-refractivity contribution in [2.24, 2.45) is 0 Å². The van der Waals surface area contributed by atoms with Gasteiger partial charge in [-0.25, -0.2) is 0 Å². The summed E-state index contributed by atoms with van der Waals surface area (Å²) in [5, 5.41) is 18.6. The molecule has 0 unspecified atom stereocenters. The number of phenols is 1. The fraction of sp³-hybridized carbons (Fsp3) is 0.308. The van der Waals surface area contributed by atoms with Crippen LogP contribution >= 0.6 is 0 Å². The van der Waals surface area contributed by atoms with E-state index < -0.39 is 5.60 Å². The highest BCUT2D eigenvalue weighted by atomic mass is 16.5. The van der Waals surface area contributed by atoms with E-state index in [0.29, 0.717) is 12.8 Å². The largest absolute Gasteiger partial charge is 0.508 e. The third-order valence-electron chi connectivity index (χ3n) is 3.09. The summed E-state index contributed by atoms with van der Waals surface area (Å²) < 4.78 is 5.29. The van der Waals surface area contributed by atoms with Crippen LogP contribution in [0, 0.1) is 0 Å². The Morgan fingerprint density at radius 1 is 1.29 bits per heavy atom. The number of hydrogen-bond acceptors (Lipinski definition) is 4. The lowest BCUT2D eigenvalue weighted by atomic mass is 9.91. The summed E-state index contributed by atoms with van der Waals surface area (Å²) in [4.78, 5) is 11.8. The van der Waals surface area contributed by atoms with Crippen molar-refractivity contribution in [2.75, 3.05) is 7.11 Å². The minimum Gasteiger partial charge on any atom is -0.508 e. The van der Waals surface area contributed by atoms with Gasteiger partial charge in [-0.2, -0.15) is 0 Å². The number of benzene rings is 1. The molecule has 0 aliphatic heterocycles. The number of carbonyl (C=O) groups excluding carboxylic acids is 1. The van der Waals surface area contributed by atoms with Gasteiger partial charge in [-0.05, 0) is 23.8 Å². The number of carbonyl (C=O) groups is 1. The molecule has 0 bridgehead atoms. The average molecular weight is 234 g/mol. The van der Waals surface area contributed by atoms with Crippen LogP contribution < -0.4 is 0 Å². The molecule has 0 fully saturated rings. The van der Waals surface area contributed by atoms with Gasteiger partial charge in [-0.1, -0.05) is 12.1 Å². The number of ether oxygens (including phenoxy) is 1. The van der Waals surface area contributed by atoms with E-state index in [1.54, 1.807) is 24.3 Å². The van der Waals surface area contributed by atoms with Crippen molar-refractivity contribution < 1.29 is 19.7 Å². The van der Waals surface area contributed by atoms with E-state index in [1.165, 1.54) is 13.2 Å². The molecule has 0 saturated heterocycles. The Balaban J connectivity index is 2.22. The quantitative estimate of drug-likeness (QED) is 0.835. The third-order valence-corrected chi connectivity index (χ3v) is 3.09. The second-order valence-electron chi connectivity index (χ2n) is 4.16. The van der Waals surface area contributed by atoms with Gasteiger partial charge in [0.05, 0.1) is 0 Å². The van der Waals surface area contributed by atoms with Crippen LogP contribution in [0.25, 0.3) is 0 Å². The lowest BCUT2D eigenvalue weighted by molar-refractivity contribution is -0.137. The molecule has 1 aromatic carbocycles. The van der Waals surface area contributed by atoms with Gasteiger partial charge in [-0.15, -0.1) is 0 Å². The Kier molecular flexibility index (Phi) is 2.90. The Labute approximate surface area is 99.2 Å². The monoisotopic (exact) mass is 234 g/mol. The third kappa shape index (κ3) is 2.03. The maximum Gasteiger partial charge on any atom is 0.229 e. The van der Waals surface area contributed by atoms with Crippen molar-refractivity contribution >= 4 is 5.78 Å². The van der Waals surface area contributed by atoms with Crippen molar-refractivity contribution in [2.45, 2.75) is 18.4 Å². The zero-order chi connectivity index (χ0) is 12.5. The smallest absolute Gasteiger partial charge is 0.229 e. The summed E-state index contributed by atoms with van der Waals surface area (Å²) in [6, 6.07) is 6.59. The van der Waals surface area contributed by atoms with E-state index in [0.717, 1.165) is 5.56 Å². The molecule has 1 aliphatic rings. The van der Waals surface area contributed by atoms with Gasteiger partial charge in [-0.3, -0.25) is 4.79 Å². The summed E-state index contributed by atoms with van der Waals surface area (Å²) in [7, 11) is 1.46. The molecule has 90 valence electrons. The van der Waals surface area contributed by atoms with E-state index in [2.05, 4.69) is 0 Å². The molecule has 1 atom stereocenters. The topological polar surface area (TPSA) is 66.8 Å². The molecule has 1 aliphatic carbocycles. The number of methoxy groups -OCH3 is 1. The van der Waals surface area contributed by atoms with E-state index in [-0.39, 0.29) is 17.3 Å². The van der Waals surface area contributed by atoms with E-state index in [9.17, 15) is 15.0 Å². The predicted molar refractivity (Wildman–Crippen MR) is 61.9 cm³/mol. The zero-order valence-corrected chi connectivity index (χ0v) is 9.51. The maximum atomic E-state index is 11.8. The fourth-order valence-electron chi connectivity index (χ4n) is 2.02. The summed E-state index contributed by atoms with van der Waals surface area (Å²) in [5.41, 5.74) is -0.123. The van der Waals surface area contributed by atoms with Crippen LogP contribution in [0.1, 0.15) is 12.0 Å². The van der Waals surface area contributed by atoms with Crippen LogP contribution in [0.2, 0.25) is 0 Å². The molecule has 2 rings (SSSR count). The number of Topliss-reactive ketones (excluding diaryl/α,β-unsaturated/α-hetero) is 1. The van der Waals surface area contributed by atoms with Crippen molar-refractivity contribution in [1.29, 1.82) is 0 Å². The average Bonchev–Trinajstić information content (AvgIpc) is 2.61. The van der Waals surface area contributed by atoms with Crippen LogP contribution in [0.15, 0.2) is 36.1 Å². The van der Waals surface area contributed by atoms with Crippen LogP contribution in [-0.2, 0) is 16.0 Å². The molecule has 0 spiro atoms. The van der Waals surface area contributed by atoms with Gasteiger partial charge in [0.25, 0.3) is 0 Å². The maximum absolute atomic E-state index is 11.8. The van der Waals surface area contributed by atoms with Crippen molar-refractivity contribution in [3.8, 4) is 5.75 Å². The first kappa shape index (κ1) is 11.7. The molecule has 17 heavy (non-hydrogen) atoms. The normalized spacial score (nSPS) is 23.8. The van der Waals surface area contributed by atoms with Gasteiger partial charge in [0.15, 0.2) is 5.76 Å². The number of aromatic hydroxyl groups is 1. The molecule has 4 heteroatoms. The number of hydrogen-bond donors (Lipinski definition) is 2. The standard InChI is InChI=1S/C13H14O4/c1-17-13(7-6-11(15)12(13)16)8-9-2-4-10(14)5-3-9/h2-6,14-15H,7-8H2,1H3/t13-/m0/s1. The molecule has 1 aromatic rings. The van der Waals surface area contributed by atoms with Crippen molar-refractivity contribution in [1.82, 2.24) is 0 Å². The van der Waals surface area contributed by atoms with Crippen LogP contribution in [0.3, 0.4) is 0 Å². The molecular formula is C13H14O4. The highest BCUT2D eigenvalue weighted by Gasteiger charge is 2.44. The first-order valence-corrected chi connectivity index (χ1v) is 5.34. The first-order chi connectivity index (χ1) is 8.07. The molecule has 0 saturated carbocycles. The van der Waals surface area contributed by atoms with Crippen LogP contribution in [0.5, 0.6) is 5.75 Å². The van der Waals surface area contributed by atoms with Crippen LogP contribution in [0.4, 0.5) is 0 Å². The van der Waals surface area contributed by atoms with Gasteiger partial charge < -0.3 is 14.9 Å². The van der Waals surface area contributed by atoms with Gasteiger partial charge in [0.2, 0.25) is 5.78 Å². The van der Waals surface area contributed by atoms with Gasteiger partial charge in [0, 0.05) is 20.0 Å². The van der Waals surface area contributed by atoms with E-state index in [4.69, 9.17) is 4.74 Å². The second kappa shape index (κ2) is 4.22. The lowest BCUT2D eigenvalue weighted by Crippen LogP contribution is -2.40. The fourth-order valence-corrected chi connectivity index (χ4v) is 2.02.